The van der Waals surface area contributed by atoms with Gasteiger partial charge in [0.05, 0.1) is 6.61 Å². The zero-order chi connectivity index (χ0) is 14.4. The van der Waals surface area contributed by atoms with Gasteiger partial charge in [-0.15, -0.1) is 0 Å². The summed E-state index contributed by atoms with van der Waals surface area (Å²) in [5.41, 5.74) is 1.85. The first-order valence-electron chi connectivity index (χ1n) is 7.38. The molecule has 0 saturated carbocycles. The van der Waals surface area contributed by atoms with Gasteiger partial charge >= 0.3 is 0 Å². The summed E-state index contributed by atoms with van der Waals surface area (Å²) in [6.45, 7) is 5.38. The number of ether oxygens (including phenoxy) is 1. The fraction of sp³-hybridized carbons (Fsp3) is 0.562. The summed E-state index contributed by atoms with van der Waals surface area (Å²) in [4.78, 5) is 14.2. The molecule has 0 unspecified atom stereocenters. The predicted molar refractivity (Wildman–Crippen MR) is 81.3 cm³/mol. The average molecular weight is 276 g/mol. The maximum Gasteiger partial charge on any atom is 0.251 e. The van der Waals surface area contributed by atoms with E-state index in [1.165, 1.54) is 0 Å². The lowest BCUT2D eigenvalue weighted by atomic mass is 10.0. The maximum atomic E-state index is 12.1. The number of anilines is 1. The Balaban J connectivity index is 1.85. The van der Waals surface area contributed by atoms with Gasteiger partial charge in [0, 0.05) is 38.0 Å². The third kappa shape index (κ3) is 3.97. The molecule has 0 bridgehead atoms. The van der Waals surface area contributed by atoms with E-state index in [9.17, 15) is 4.79 Å². The minimum Gasteiger partial charge on any atom is -0.381 e. The van der Waals surface area contributed by atoms with Crippen molar-refractivity contribution in [3.8, 4) is 0 Å². The minimum absolute atomic E-state index is 0.00118. The number of nitrogens with zero attached hydrogens (tertiary/aromatic N) is 1. The lowest BCUT2D eigenvalue weighted by molar-refractivity contribution is 0.0536. The molecule has 1 N–H and O–H groups in total. The predicted octanol–water partition coefficient (Wildman–Crippen LogP) is 2.30. The fourth-order valence-corrected chi connectivity index (χ4v) is 2.36. The second kappa shape index (κ2) is 7.29. The summed E-state index contributed by atoms with van der Waals surface area (Å²) >= 11 is 0. The van der Waals surface area contributed by atoms with E-state index in [0.717, 1.165) is 43.9 Å². The minimum atomic E-state index is 0.00118. The van der Waals surface area contributed by atoms with E-state index < -0.39 is 0 Å². The van der Waals surface area contributed by atoms with Crippen molar-refractivity contribution < 1.29 is 9.53 Å². The van der Waals surface area contributed by atoms with Crippen molar-refractivity contribution in [1.82, 2.24) is 5.32 Å². The first-order chi connectivity index (χ1) is 9.70. The molecule has 1 aliphatic rings. The first-order valence-corrected chi connectivity index (χ1v) is 7.38. The van der Waals surface area contributed by atoms with Crippen LogP contribution < -0.4 is 10.2 Å². The highest BCUT2D eigenvalue weighted by atomic mass is 16.5. The van der Waals surface area contributed by atoms with E-state index in [4.69, 9.17) is 4.74 Å². The standard InChI is InChI=1S/C16H24N2O2/c1-3-18(2)15-8-6-14(7-9-15)16(19)17-11-13-5-4-10-20-12-13/h6-9,13H,3-5,10-12H2,1-2H3,(H,17,19)/t13-/m0/s1. The molecule has 1 atom stereocenters. The van der Waals surface area contributed by atoms with Crippen LogP contribution in [0.4, 0.5) is 5.69 Å². The summed E-state index contributed by atoms with van der Waals surface area (Å²) < 4.78 is 5.42. The van der Waals surface area contributed by atoms with Crippen LogP contribution in [0.3, 0.4) is 0 Å². The van der Waals surface area contributed by atoms with Crippen molar-refractivity contribution in [2.45, 2.75) is 19.8 Å². The molecule has 1 saturated heterocycles. The summed E-state index contributed by atoms with van der Waals surface area (Å²) in [7, 11) is 2.04. The Morgan fingerprint density at radius 3 is 2.75 bits per heavy atom. The lowest BCUT2D eigenvalue weighted by Crippen LogP contribution is -2.33. The van der Waals surface area contributed by atoms with Gasteiger partial charge < -0.3 is 15.0 Å². The van der Waals surface area contributed by atoms with Gasteiger partial charge in [0.2, 0.25) is 0 Å². The number of amides is 1. The van der Waals surface area contributed by atoms with E-state index in [1.54, 1.807) is 0 Å². The van der Waals surface area contributed by atoms with Crippen LogP contribution >= 0.6 is 0 Å². The highest BCUT2D eigenvalue weighted by Crippen LogP contribution is 2.15. The molecule has 1 aromatic rings. The highest BCUT2D eigenvalue weighted by molar-refractivity contribution is 5.94. The molecular weight excluding hydrogens is 252 g/mol. The van der Waals surface area contributed by atoms with Crippen LogP contribution in [-0.4, -0.2) is 39.3 Å². The van der Waals surface area contributed by atoms with Crippen LogP contribution in [0.5, 0.6) is 0 Å². The highest BCUT2D eigenvalue weighted by Gasteiger charge is 2.15. The number of carbonyl (C=O) groups excluding carboxylic acids is 1. The molecule has 0 radical (unpaired) electrons. The third-order valence-electron chi connectivity index (χ3n) is 3.85. The van der Waals surface area contributed by atoms with Gasteiger partial charge in [-0.3, -0.25) is 4.79 Å². The van der Waals surface area contributed by atoms with Crippen LogP contribution in [0.15, 0.2) is 24.3 Å². The number of carbonyl (C=O) groups is 1. The molecular formula is C16H24N2O2. The zero-order valence-corrected chi connectivity index (χ0v) is 12.4. The summed E-state index contributed by atoms with van der Waals surface area (Å²) in [6.07, 6.45) is 2.24. The summed E-state index contributed by atoms with van der Waals surface area (Å²) in [5.74, 6) is 0.458. The van der Waals surface area contributed by atoms with E-state index in [-0.39, 0.29) is 5.91 Å². The van der Waals surface area contributed by atoms with Crippen molar-refractivity contribution in [3.63, 3.8) is 0 Å². The maximum absolute atomic E-state index is 12.1. The summed E-state index contributed by atoms with van der Waals surface area (Å²) in [5, 5.41) is 3.00. The van der Waals surface area contributed by atoms with E-state index in [0.29, 0.717) is 12.5 Å². The Hall–Kier alpha value is -1.55. The topological polar surface area (TPSA) is 41.6 Å². The molecule has 4 nitrogen and oxygen atoms in total. The molecule has 0 aromatic heterocycles. The lowest BCUT2D eigenvalue weighted by Gasteiger charge is -2.22. The van der Waals surface area contributed by atoms with Crippen LogP contribution in [-0.2, 0) is 4.74 Å². The molecule has 1 aromatic carbocycles. The normalized spacial score (nSPS) is 18.6. The molecule has 0 spiro atoms. The van der Waals surface area contributed by atoms with Crippen LogP contribution in [0.25, 0.3) is 0 Å². The monoisotopic (exact) mass is 276 g/mol. The number of rotatable bonds is 5. The molecule has 1 amide bonds. The molecule has 0 aliphatic carbocycles. The van der Waals surface area contributed by atoms with Crippen molar-refractivity contribution in [2.75, 3.05) is 38.3 Å². The quantitative estimate of drug-likeness (QED) is 0.897. The van der Waals surface area contributed by atoms with Gasteiger partial charge in [-0.2, -0.15) is 0 Å². The smallest absolute Gasteiger partial charge is 0.251 e. The van der Waals surface area contributed by atoms with Crippen molar-refractivity contribution in [1.29, 1.82) is 0 Å². The second-order valence-electron chi connectivity index (χ2n) is 5.35. The largest absolute Gasteiger partial charge is 0.381 e. The van der Waals surface area contributed by atoms with Crippen LogP contribution in [0, 0.1) is 5.92 Å². The van der Waals surface area contributed by atoms with Crippen LogP contribution in [0.1, 0.15) is 30.1 Å². The molecule has 4 heteroatoms. The van der Waals surface area contributed by atoms with E-state index in [1.807, 2.05) is 31.3 Å². The Kier molecular flexibility index (Phi) is 5.41. The summed E-state index contributed by atoms with van der Waals surface area (Å²) in [6, 6.07) is 7.74. The molecule has 1 heterocycles. The molecule has 20 heavy (non-hydrogen) atoms. The zero-order valence-electron chi connectivity index (χ0n) is 12.4. The van der Waals surface area contributed by atoms with Gasteiger partial charge in [0.1, 0.15) is 0 Å². The Labute approximate surface area is 121 Å². The Morgan fingerprint density at radius 2 is 2.15 bits per heavy atom. The first kappa shape index (κ1) is 14.9. The SMILES string of the molecule is CCN(C)c1ccc(C(=O)NC[C@@H]2CCCOC2)cc1. The Bertz CT molecular complexity index is 425. The van der Waals surface area contributed by atoms with Crippen molar-refractivity contribution >= 4 is 11.6 Å². The molecule has 1 aliphatic heterocycles. The molecule has 110 valence electrons. The number of nitrogens with one attached hydrogen (secondary N) is 1. The second-order valence-corrected chi connectivity index (χ2v) is 5.35. The van der Waals surface area contributed by atoms with Gasteiger partial charge in [0.15, 0.2) is 0 Å². The van der Waals surface area contributed by atoms with Crippen LogP contribution in [0.2, 0.25) is 0 Å². The molecule has 1 fully saturated rings. The van der Waals surface area contributed by atoms with Gasteiger partial charge in [0.25, 0.3) is 5.91 Å². The van der Waals surface area contributed by atoms with E-state index in [2.05, 4.69) is 17.1 Å². The van der Waals surface area contributed by atoms with Gasteiger partial charge in [-0.1, -0.05) is 0 Å². The Morgan fingerprint density at radius 1 is 1.40 bits per heavy atom. The van der Waals surface area contributed by atoms with E-state index >= 15 is 0 Å². The molecule has 2 rings (SSSR count). The average Bonchev–Trinajstić information content (AvgIpc) is 2.53. The van der Waals surface area contributed by atoms with Gasteiger partial charge in [-0.05, 0) is 49.9 Å². The fourth-order valence-electron chi connectivity index (χ4n) is 2.36. The van der Waals surface area contributed by atoms with Crippen molar-refractivity contribution in [3.05, 3.63) is 29.8 Å². The third-order valence-corrected chi connectivity index (χ3v) is 3.85. The van der Waals surface area contributed by atoms with Gasteiger partial charge in [-0.25, -0.2) is 0 Å². The number of benzene rings is 1. The van der Waals surface area contributed by atoms with Crippen molar-refractivity contribution in [2.24, 2.45) is 5.92 Å². The number of hydrogen-bond acceptors (Lipinski definition) is 3. The number of hydrogen-bond donors (Lipinski definition) is 1.